The number of rotatable bonds is 4. The molecule has 1 unspecified atom stereocenters. The van der Waals surface area contributed by atoms with Crippen molar-refractivity contribution in [2.24, 2.45) is 11.1 Å². The van der Waals surface area contributed by atoms with Gasteiger partial charge in [0.1, 0.15) is 5.69 Å². The number of ether oxygens (including phenoxy) is 1. The molecular formula is C21H29Cl2N5O3. The molecule has 8 nitrogen and oxygen atoms in total. The van der Waals surface area contributed by atoms with Gasteiger partial charge in [0.2, 0.25) is 0 Å². The zero-order valence-corrected chi connectivity index (χ0v) is 19.5. The van der Waals surface area contributed by atoms with Crippen molar-refractivity contribution < 1.29 is 14.7 Å². The molecule has 2 saturated heterocycles. The van der Waals surface area contributed by atoms with Crippen LogP contribution in [0.4, 0.5) is 5.82 Å². The van der Waals surface area contributed by atoms with Gasteiger partial charge in [-0.3, -0.25) is 4.84 Å². The predicted octanol–water partition coefficient (Wildman–Crippen LogP) is 2.52. The maximum Gasteiger partial charge on any atom is 0.165 e. The first kappa shape index (κ1) is 22.8. The number of nitrogens with zero attached hydrogens (tertiary/aromatic N) is 4. The Hall–Kier alpha value is -1.42. The first-order chi connectivity index (χ1) is 14.8. The normalized spacial score (nSPS) is 28.2. The lowest BCUT2D eigenvalue weighted by Crippen LogP contribution is -2.51. The molecule has 4 heterocycles. The van der Waals surface area contributed by atoms with Gasteiger partial charge in [-0.1, -0.05) is 23.2 Å². The second-order valence-electron chi connectivity index (χ2n) is 8.43. The average molecular weight is 470 g/mol. The highest BCUT2D eigenvalue weighted by atomic mass is 35.5. The Morgan fingerprint density at radius 2 is 2.06 bits per heavy atom. The largest absolute Gasteiger partial charge is 0.390 e. The van der Waals surface area contributed by atoms with Crippen molar-refractivity contribution in [3.8, 4) is 0 Å². The first-order valence-corrected chi connectivity index (χ1v) is 11.3. The Morgan fingerprint density at radius 1 is 1.35 bits per heavy atom. The van der Waals surface area contributed by atoms with Crippen molar-refractivity contribution in [1.82, 2.24) is 15.0 Å². The Balaban J connectivity index is 1.60. The highest BCUT2D eigenvalue weighted by molar-refractivity contribution is 6.40. The SMILES string of the molecule is CON1C=CC(c2nc(CO)c(N3CCC4(CC3)CO[C@@H](C)[C@H]4N)nc2C)=C(Cl)C1Cl. The summed E-state index contributed by atoms with van der Waals surface area (Å²) in [6.45, 7) is 5.99. The minimum Gasteiger partial charge on any atom is -0.390 e. The zero-order chi connectivity index (χ0) is 22.3. The number of nitrogens with two attached hydrogens (primary N) is 1. The summed E-state index contributed by atoms with van der Waals surface area (Å²) in [5, 5.41) is 11.9. The van der Waals surface area contributed by atoms with Crippen LogP contribution in [0, 0.1) is 12.3 Å². The Kier molecular flexibility index (Phi) is 6.49. The molecule has 0 saturated carbocycles. The van der Waals surface area contributed by atoms with E-state index in [9.17, 15) is 5.11 Å². The average Bonchev–Trinajstić information content (AvgIpc) is 3.05. The van der Waals surface area contributed by atoms with E-state index in [-0.39, 0.29) is 24.2 Å². The molecule has 3 atom stereocenters. The predicted molar refractivity (Wildman–Crippen MR) is 120 cm³/mol. The monoisotopic (exact) mass is 469 g/mol. The summed E-state index contributed by atoms with van der Waals surface area (Å²) < 4.78 is 5.82. The summed E-state index contributed by atoms with van der Waals surface area (Å²) in [5.41, 5.74) is 8.30. The van der Waals surface area contributed by atoms with E-state index in [0.717, 1.165) is 31.6 Å². The summed E-state index contributed by atoms with van der Waals surface area (Å²) >= 11 is 12.9. The van der Waals surface area contributed by atoms with Gasteiger partial charge in [-0.05, 0) is 32.8 Å². The van der Waals surface area contributed by atoms with Crippen LogP contribution in [0.15, 0.2) is 17.3 Å². The highest BCUT2D eigenvalue weighted by Crippen LogP contribution is 2.42. The van der Waals surface area contributed by atoms with Crippen LogP contribution in [0.25, 0.3) is 5.57 Å². The van der Waals surface area contributed by atoms with Gasteiger partial charge in [0, 0.05) is 36.3 Å². The quantitative estimate of drug-likeness (QED) is 0.512. The van der Waals surface area contributed by atoms with Gasteiger partial charge in [-0.15, -0.1) is 0 Å². The van der Waals surface area contributed by atoms with Crippen LogP contribution in [0.1, 0.15) is 36.8 Å². The van der Waals surface area contributed by atoms with Crippen LogP contribution in [-0.4, -0.2) is 64.6 Å². The fourth-order valence-corrected chi connectivity index (χ4v) is 5.19. The van der Waals surface area contributed by atoms with E-state index in [1.165, 1.54) is 12.2 Å². The number of hydrogen-bond donors (Lipinski definition) is 2. The molecular weight excluding hydrogens is 441 g/mol. The van der Waals surface area contributed by atoms with Crippen LogP contribution < -0.4 is 10.6 Å². The molecule has 3 aliphatic heterocycles. The van der Waals surface area contributed by atoms with E-state index < -0.39 is 5.50 Å². The maximum atomic E-state index is 10.1. The minimum atomic E-state index is -0.663. The van der Waals surface area contributed by atoms with E-state index in [1.807, 2.05) is 13.8 Å². The lowest BCUT2D eigenvalue weighted by molar-refractivity contribution is -0.0904. The fourth-order valence-electron chi connectivity index (χ4n) is 4.68. The van der Waals surface area contributed by atoms with Crippen LogP contribution in [0.3, 0.4) is 0 Å². The third kappa shape index (κ3) is 3.94. The number of anilines is 1. The van der Waals surface area contributed by atoms with Gasteiger partial charge in [-0.25, -0.2) is 15.0 Å². The number of hydroxylamine groups is 2. The number of aliphatic hydroxyl groups excluding tert-OH is 1. The Morgan fingerprint density at radius 3 is 2.65 bits per heavy atom. The maximum absolute atomic E-state index is 10.1. The number of hydrogen-bond acceptors (Lipinski definition) is 8. The van der Waals surface area contributed by atoms with Gasteiger partial charge in [-0.2, -0.15) is 0 Å². The van der Waals surface area contributed by atoms with Crippen molar-refractivity contribution in [3.63, 3.8) is 0 Å². The second-order valence-corrected chi connectivity index (χ2v) is 9.25. The number of piperidine rings is 1. The topological polar surface area (TPSA) is 97.0 Å². The number of aryl methyl sites for hydroxylation is 1. The molecule has 1 aromatic rings. The molecule has 3 N–H and O–H groups in total. The van der Waals surface area contributed by atoms with Gasteiger partial charge in [0.05, 0.1) is 42.8 Å². The summed E-state index contributed by atoms with van der Waals surface area (Å²) in [6.07, 6.45) is 5.42. The highest BCUT2D eigenvalue weighted by Gasteiger charge is 2.47. The van der Waals surface area contributed by atoms with E-state index in [1.54, 1.807) is 12.3 Å². The van der Waals surface area contributed by atoms with Crippen molar-refractivity contribution >= 4 is 34.6 Å². The number of allylic oxidation sites excluding steroid dienone is 2. The molecule has 170 valence electrons. The second kappa shape index (κ2) is 8.84. The number of halogens is 2. The molecule has 2 fully saturated rings. The van der Waals surface area contributed by atoms with E-state index in [4.69, 9.17) is 48.5 Å². The first-order valence-electron chi connectivity index (χ1n) is 10.5. The third-order valence-electron chi connectivity index (χ3n) is 6.72. The smallest absolute Gasteiger partial charge is 0.165 e. The molecule has 0 aliphatic carbocycles. The fraction of sp³-hybridized carbons (Fsp3) is 0.619. The number of aromatic nitrogens is 2. The van der Waals surface area contributed by atoms with Crippen LogP contribution in [0.2, 0.25) is 0 Å². The van der Waals surface area contributed by atoms with E-state index in [0.29, 0.717) is 34.4 Å². The van der Waals surface area contributed by atoms with Gasteiger partial charge >= 0.3 is 0 Å². The van der Waals surface area contributed by atoms with Crippen molar-refractivity contribution in [2.75, 3.05) is 31.7 Å². The zero-order valence-electron chi connectivity index (χ0n) is 18.0. The molecule has 4 rings (SSSR count). The summed E-state index contributed by atoms with van der Waals surface area (Å²) in [4.78, 5) is 16.9. The van der Waals surface area contributed by atoms with Crippen LogP contribution in [0.5, 0.6) is 0 Å². The molecule has 0 bridgehead atoms. The van der Waals surface area contributed by atoms with Crippen LogP contribution in [-0.2, 0) is 16.2 Å². The minimum absolute atomic E-state index is 0.0194. The van der Waals surface area contributed by atoms with Gasteiger partial charge in [0.25, 0.3) is 0 Å². The molecule has 3 aliphatic rings. The molecule has 0 radical (unpaired) electrons. The molecule has 1 aromatic heterocycles. The van der Waals surface area contributed by atoms with E-state index in [2.05, 4.69) is 4.90 Å². The van der Waals surface area contributed by atoms with Gasteiger partial charge < -0.3 is 20.5 Å². The van der Waals surface area contributed by atoms with Crippen LogP contribution >= 0.6 is 23.2 Å². The summed E-state index contributed by atoms with van der Waals surface area (Å²) in [7, 11) is 1.52. The molecule has 31 heavy (non-hydrogen) atoms. The van der Waals surface area contributed by atoms with Crippen molar-refractivity contribution in [3.05, 3.63) is 34.4 Å². The number of alkyl halides is 1. The molecule has 0 amide bonds. The standard InChI is InChI=1S/C21H29Cl2N5O3/c1-12-17(14-4-7-28(30-3)19(23)16(14)22)26-15(10-29)20(25-12)27-8-5-21(6-9-27)11-31-13(2)18(21)24/h4,7,13,18-19,29H,5-6,8-11,24H2,1-3H3/t13-,18+,19?/m0/s1. The third-order valence-corrected chi connectivity index (χ3v) is 7.65. The van der Waals surface area contributed by atoms with Gasteiger partial charge in [0.15, 0.2) is 11.3 Å². The van der Waals surface area contributed by atoms with E-state index >= 15 is 0 Å². The lowest BCUT2D eigenvalue weighted by Gasteiger charge is -2.42. The summed E-state index contributed by atoms with van der Waals surface area (Å²) in [5.74, 6) is 0.705. The molecule has 10 heteroatoms. The Labute approximate surface area is 192 Å². The van der Waals surface area contributed by atoms with Crippen molar-refractivity contribution in [2.45, 2.75) is 50.9 Å². The Bertz CT molecular complexity index is 901. The van der Waals surface area contributed by atoms with Crippen molar-refractivity contribution in [1.29, 1.82) is 0 Å². The summed E-state index contributed by atoms with van der Waals surface area (Å²) in [6, 6.07) is 0.0458. The number of aliphatic hydroxyl groups is 1. The molecule has 0 aromatic carbocycles. The molecule has 1 spiro atoms. The lowest BCUT2D eigenvalue weighted by atomic mass is 9.73.